The molecule has 0 bridgehead atoms. The van der Waals surface area contributed by atoms with Crippen molar-refractivity contribution in [3.05, 3.63) is 0 Å². The summed E-state index contributed by atoms with van der Waals surface area (Å²) in [4.78, 5) is 10.5. The Morgan fingerprint density at radius 1 is 1.50 bits per heavy atom. The third-order valence-electron chi connectivity index (χ3n) is 1.37. The lowest BCUT2D eigenvalue weighted by Gasteiger charge is -2.25. The van der Waals surface area contributed by atoms with E-state index in [2.05, 4.69) is 10.7 Å². The summed E-state index contributed by atoms with van der Waals surface area (Å²) in [5.74, 6) is 0.00176. The van der Waals surface area contributed by atoms with Crippen LogP contribution in [0.25, 0.3) is 0 Å². The second-order valence-electron chi connectivity index (χ2n) is 2.33. The van der Waals surface area contributed by atoms with Crippen LogP contribution < -0.4 is 10.7 Å². The standard InChI is InChI=1S/C6H12N3O/c1-6(10)8-9-4-2-7-3-5-9/h2-5H2,1H3,(H,8,10). The quantitative estimate of drug-likeness (QED) is 0.508. The second-order valence-corrected chi connectivity index (χ2v) is 2.33. The number of hydrogen-bond donors (Lipinski definition) is 1. The predicted octanol–water partition coefficient (Wildman–Crippen LogP) is -1.04. The first-order chi connectivity index (χ1) is 4.79. The average Bonchev–Trinajstić information content (AvgIpc) is 1.88. The lowest BCUT2D eigenvalue weighted by Crippen LogP contribution is -2.49. The van der Waals surface area contributed by atoms with E-state index < -0.39 is 0 Å². The highest BCUT2D eigenvalue weighted by Gasteiger charge is 2.09. The van der Waals surface area contributed by atoms with E-state index in [9.17, 15) is 4.79 Å². The zero-order valence-electron chi connectivity index (χ0n) is 6.13. The molecule has 0 saturated carbocycles. The number of rotatable bonds is 1. The summed E-state index contributed by atoms with van der Waals surface area (Å²) in [5, 5.41) is 6.04. The van der Waals surface area contributed by atoms with Crippen LogP contribution in [0.2, 0.25) is 0 Å². The van der Waals surface area contributed by atoms with Crippen LogP contribution in [0.4, 0.5) is 0 Å². The number of nitrogens with one attached hydrogen (secondary N) is 1. The van der Waals surface area contributed by atoms with Crippen LogP contribution in [-0.4, -0.2) is 37.1 Å². The molecule has 1 heterocycles. The molecule has 0 aliphatic carbocycles. The van der Waals surface area contributed by atoms with Crippen LogP contribution in [0, 0.1) is 0 Å². The van der Waals surface area contributed by atoms with Gasteiger partial charge in [0.1, 0.15) is 0 Å². The molecule has 1 saturated heterocycles. The molecular weight excluding hydrogens is 130 g/mol. The van der Waals surface area contributed by atoms with Crippen molar-refractivity contribution in [2.45, 2.75) is 6.92 Å². The van der Waals surface area contributed by atoms with Crippen molar-refractivity contribution in [1.82, 2.24) is 15.8 Å². The fourth-order valence-electron chi connectivity index (χ4n) is 0.941. The van der Waals surface area contributed by atoms with Crippen molar-refractivity contribution >= 4 is 5.91 Å². The van der Waals surface area contributed by atoms with Crippen molar-refractivity contribution in [3.63, 3.8) is 0 Å². The van der Waals surface area contributed by atoms with E-state index >= 15 is 0 Å². The van der Waals surface area contributed by atoms with Crippen molar-refractivity contribution < 1.29 is 4.79 Å². The SMILES string of the molecule is CC(=O)NN1CC[N]CC1. The minimum absolute atomic E-state index is 0.00176. The lowest BCUT2D eigenvalue weighted by molar-refractivity contribution is -0.123. The molecule has 0 aromatic carbocycles. The van der Waals surface area contributed by atoms with Gasteiger partial charge < -0.3 is 0 Å². The molecule has 10 heavy (non-hydrogen) atoms. The van der Waals surface area contributed by atoms with Gasteiger partial charge in [-0.25, -0.2) is 10.3 Å². The molecule has 1 aliphatic heterocycles. The number of hydrazine groups is 1. The number of piperazine rings is 1. The van der Waals surface area contributed by atoms with Crippen LogP contribution in [0.15, 0.2) is 0 Å². The molecular formula is C6H12N3O. The Labute approximate surface area is 60.5 Å². The van der Waals surface area contributed by atoms with Crippen molar-refractivity contribution in [1.29, 1.82) is 0 Å². The maximum atomic E-state index is 10.5. The van der Waals surface area contributed by atoms with Crippen LogP contribution in [0.3, 0.4) is 0 Å². The van der Waals surface area contributed by atoms with Gasteiger partial charge in [-0.05, 0) is 0 Å². The molecule has 4 heteroatoms. The van der Waals surface area contributed by atoms with E-state index in [0.29, 0.717) is 0 Å². The first-order valence-corrected chi connectivity index (χ1v) is 3.44. The van der Waals surface area contributed by atoms with Crippen LogP contribution >= 0.6 is 0 Å². The van der Waals surface area contributed by atoms with E-state index in [1.165, 1.54) is 6.92 Å². The van der Waals surface area contributed by atoms with Gasteiger partial charge in [-0.1, -0.05) is 0 Å². The highest BCUT2D eigenvalue weighted by molar-refractivity contribution is 5.72. The Morgan fingerprint density at radius 3 is 2.60 bits per heavy atom. The molecule has 0 atom stereocenters. The number of amides is 1. The minimum Gasteiger partial charge on any atom is -0.289 e. The van der Waals surface area contributed by atoms with Gasteiger partial charge in [0.25, 0.3) is 0 Å². The molecule has 0 aromatic heterocycles. The molecule has 0 unspecified atom stereocenters. The molecule has 0 spiro atoms. The maximum absolute atomic E-state index is 10.5. The highest BCUT2D eigenvalue weighted by atomic mass is 16.2. The first-order valence-electron chi connectivity index (χ1n) is 3.44. The third kappa shape index (κ3) is 2.33. The van der Waals surface area contributed by atoms with Crippen molar-refractivity contribution in [3.8, 4) is 0 Å². The Balaban J connectivity index is 2.19. The molecule has 1 aliphatic rings. The average molecular weight is 142 g/mol. The van der Waals surface area contributed by atoms with Crippen molar-refractivity contribution in [2.75, 3.05) is 26.2 Å². The molecule has 0 aromatic rings. The zero-order chi connectivity index (χ0) is 7.40. The van der Waals surface area contributed by atoms with E-state index in [-0.39, 0.29) is 5.91 Å². The lowest BCUT2D eigenvalue weighted by atomic mass is 10.4. The zero-order valence-corrected chi connectivity index (χ0v) is 6.13. The van der Waals surface area contributed by atoms with Gasteiger partial charge >= 0.3 is 0 Å². The van der Waals surface area contributed by atoms with E-state index in [4.69, 9.17) is 0 Å². The van der Waals surface area contributed by atoms with Gasteiger partial charge in [0, 0.05) is 33.1 Å². The number of nitrogens with zero attached hydrogens (tertiary/aromatic N) is 2. The molecule has 4 nitrogen and oxygen atoms in total. The summed E-state index contributed by atoms with van der Waals surface area (Å²) in [5.41, 5.74) is 2.72. The van der Waals surface area contributed by atoms with Crippen molar-refractivity contribution in [2.24, 2.45) is 0 Å². The normalized spacial score (nSPS) is 20.5. The topological polar surface area (TPSA) is 46.4 Å². The molecule has 57 valence electrons. The largest absolute Gasteiger partial charge is 0.289 e. The Hall–Kier alpha value is -0.610. The van der Waals surface area contributed by atoms with Crippen LogP contribution in [0.1, 0.15) is 6.92 Å². The summed E-state index contributed by atoms with van der Waals surface area (Å²) in [6, 6.07) is 0. The summed E-state index contributed by atoms with van der Waals surface area (Å²) in [6.45, 7) is 4.88. The van der Waals surface area contributed by atoms with Gasteiger partial charge in [-0.3, -0.25) is 10.2 Å². The van der Waals surface area contributed by atoms with E-state index in [1.807, 2.05) is 5.01 Å². The highest BCUT2D eigenvalue weighted by Crippen LogP contribution is 1.86. The third-order valence-corrected chi connectivity index (χ3v) is 1.37. The minimum atomic E-state index is 0.00176. The number of carbonyl (C=O) groups is 1. The smallest absolute Gasteiger partial charge is 0.231 e. The maximum Gasteiger partial charge on any atom is 0.231 e. The molecule has 1 fully saturated rings. The van der Waals surface area contributed by atoms with Gasteiger partial charge in [0.15, 0.2) is 0 Å². The van der Waals surface area contributed by atoms with E-state index in [1.54, 1.807) is 0 Å². The summed E-state index contributed by atoms with van der Waals surface area (Å²) in [6.07, 6.45) is 0. The second kappa shape index (κ2) is 3.53. The van der Waals surface area contributed by atoms with Gasteiger partial charge in [-0.2, -0.15) is 0 Å². The molecule has 1 rings (SSSR count). The Morgan fingerprint density at radius 2 is 2.10 bits per heavy atom. The van der Waals surface area contributed by atoms with Crippen LogP contribution in [-0.2, 0) is 4.79 Å². The van der Waals surface area contributed by atoms with E-state index in [0.717, 1.165) is 26.2 Å². The van der Waals surface area contributed by atoms with Crippen LogP contribution in [0.5, 0.6) is 0 Å². The number of carbonyl (C=O) groups excluding carboxylic acids is 1. The van der Waals surface area contributed by atoms with Gasteiger partial charge in [0.05, 0.1) is 0 Å². The fraction of sp³-hybridized carbons (Fsp3) is 0.833. The summed E-state index contributed by atoms with van der Waals surface area (Å²) >= 11 is 0. The molecule has 1 amide bonds. The summed E-state index contributed by atoms with van der Waals surface area (Å²) < 4.78 is 0. The number of hydrogen-bond acceptors (Lipinski definition) is 2. The Bertz CT molecular complexity index is 120. The fourth-order valence-corrected chi connectivity index (χ4v) is 0.941. The summed E-state index contributed by atoms with van der Waals surface area (Å²) in [7, 11) is 0. The first kappa shape index (κ1) is 7.50. The monoisotopic (exact) mass is 142 g/mol. The Kier molecular flexibility index (Phi) is 2.65. The molecule has 1 radical (unpaired) electrons. The predicted molar refractivity (Wildman–Crippen MR) is 37.3 cm³/mol. The van der Waals surface area contributed by atoms with Gasteiger partial charge in [-0.15, -0.1) is 0 Å². The molecule has 1 N–H and O–H groups in total. The van der Waals surface area contributed by atoms with Gasteiger partial charge in [0.2, 0.25) is 5.91 Å².